The van der Waals surface area contributed by atoms with Gasteiger partial charge in [0.25, 0.3) is 0 Å². The van der Waals surface area contributed by atoms with Crippen LogP contribution in [0.2, 0.25) is 0 Å². The van der Waals surface area contributed by atoms with E-state index in [1.54, 1.807) is 0 Å². The Hall–Kier alpha value is -0.0400. The Labute approximate surface area is 31.2 Å². The summed E-state index contributed by atoms with van der Waals surface area (Å²) < 4.78 is 0. The van der Waals surface area contributed by atoms with Crippen LogP contribution in [0, 0.1) is 11.8 Å². The third kappa shape index (κ3) is 0.106. The van der Waals surface area contributed by atoms with E-state index >= 15 is 0 Å². The first-order chi connectivity index (χ1) is 2.39. The second-order valence-electron chi connectivity index (χ2n) is 2.14. The maximum absolute atomic E-state index is 5.42. The molecule has 5 heavy (non-hydrogen) atoms. The largest absolute Gasteiger partial charge is 0.327 e. The third-order valence-corrected chi connectivity index (χ3v) is 1.74. The predicted molar refractivity (Wildman–Crippen MR) is 19.6 cm³/mol. The fourth-order valence-corrected chi connectivity index (χ4v) is 0.829. The summed E-state index contributed by atoms with van der Waals surface area (Å²) >= 11 is 0. The molecule has 0 aliphatic heterocycles. The summed E-state index contributed by atoms with van der Waals surface area (Å²) in [4.78, 5) is 0. The topological polar surface area (TPSA) is 26.0 Å². The van der Waals surface area contributed by atoms with E-state index in [9.17, 15) is 0 Å². The molecule has 0 heterocycles. The molecule has 0 radical (unpaired) electrons. The van der Waals surface area contributed by atoms with Gasteiger partial charge in [-0.3, -0.25) is 0 Å². The van der Waals surface area contributed by atoms with Crippen LogP contribution >= 0.6 is 0 Å². The van der Waals surface area contributed by atoms with Crippen molar-refractivity contribution in [1.82, 2.24) is 0 Å². The summed E-state index contributed by atoms with van der Waals surface area (Å²) in [6.45, 7) is 0. The van der Waals surface area contributed by atoms with E-state index in [2.05, 4.69) is 0 Å². The van der Waals surface area contributed by atoms with Crippen molar-refractivity contribution in [2.45, 2.75) is 12.5 Å². The monoisotopic (exact) mass is 69.1 g/mol. The highest BCUT2D eigenvalue weighted by Gasteiger charge is 2.62. The summed E-state index contributed by atoms with van der Waals surface area (Å²) in [6.07, 6.45) is 1.45. The quantitative estimate of drug-likeness (QED) is 0.424. The molecule has 0 aromatic heterocycles. The molecule has 2 N–H and O–H groups in total. The van der Waals surface area contributed by atoms with Crippen LogP contribution in [-0.2, 0) is 0 Å². The molecule has 2 aliphatic carbocycles. The second-order valence-corrected chi connectivity index (χ2v) is 2.14. The average Bonchev–Trinajstić information content (AvgIpc) is 2.11. The molecule has 2 unspecified atom stereocenters. The Morgan fingerprint density at radius 3 is 1.80 bits per heavy atom. The van der Waals surface area contributed by atoms with Crippen molar-refractivity contribution in [3.8, 4) is 0 Å². The first kappa shape index (κ1) is 2.19. The maximum atomic E-state index is 5.42. The van der Waals surface area contributed by atoms with Gasteiger partial charge in [-0.25, -0.2) is 0 Å². The van der Waals surface area contributed by atoms with Crippen LogP contribution in [0.4, 0.5) is 0 Å². The predicted octanol–water partition coefficient (Wildman–Crippen LogP) is -0.0366. The Morgan fingerprint density at radius 2 is 1.80 bits per heavy atom. The van der Waals surface area contributed by atoms with E-state index in [-0.39, 0.29) is 0 Å². The molecule has 0 aromatic rings. The van der Waals surface area contributed by atoms with Crippen LogP contribution in [-0.4, -0.2) is 6.04 Å². The van der Waals surface area contributed by atoms with Gasteiger partial charge in [-0.2, -0.15) is 0 Å². The van der Waals surface area contributed by atoms with E-state index in [0.29, 0.717) is 6.04 Å². The van der Waals surface area contributed by atoms with Gasteiger partial charge in [-0.05, 0) is 18.3 Å². The lowest BCUT2D eigenvalue weighted by atomic mass is 10.4. The van der Waals surface area contributed by atoms with Crippen LogP contribution in [0.3, 0.4) is 0 Å². The van der Waals surface area contributed by atoms with Gasteiger partial charge in [-0.1, -0.05) is 0 Å². The Bertz CT molecular complexity index is 55.3. The summed E-state index contributed by atoms with van der Waals surface area (Å²) in [5, 5.41) is 0. The molecule has 0 spiro atoms. The third-order valence-electron chi connectivity index (χ3n) is 1.74. The number of fused-ring (bicyclic) bond motifs is 1. The minimum atomic E-state index is 0.648. The van der Waals surface area contributed by atoms with Crippen molar-refractivity contribution in [2.24, 2.45) is 17.6 Å². The van der Waals surface area contributed by atoms with Crippen LogP contribution < -0.4 is 5.73 Å². The molecule has 2 fully saturated rings. The molecule has 0 amide bonds. The molecule has 1 nitrogen and oxygen atoms in total. The molecule has 0 aromatic carbocycles. The Balaban J connectivity index is 2.19. The van der Waals surface area contributed by atoms with Crippen molar-refractivity contribution in [3.05, 3.63) is 0 Å². The smallest absolute Gasteiger partial charge is 0.0102 e. The van der Waals surface area contributed by atoms with Gasteiger partial charge < -0.3 is 5.73 Å². The van der Waals surface area contributed by atoms with Gasteiger partial charge >= 0.3 is 0 Å². The summed E-state index contributed by atoms with van der Waals surface area (Å²) in [7, 11) is 0. The number of rotatable bonds is 0. The second kappa shape index (κ2) is 0.350. The molecule has 0 saturated heterocycles. The average molecular weight is 69.1 g/mol. The van der Waals surface area contributed by atoms with Crippen molar-refractivity contribution >= 4 is 0 Å². The molecule has 2 saturated carbocycles. The molecule has 1 heteroatoms. The fraction of sp³-hybridized carbons (Fsp3) is 1.00. The van der Waals surface area contributed by atoms with Gasteiger partial charge in [0.15, 0.2) is 0 Å². The molecule has 2 atom stereocenters. The van der Waals surface area contributed by atoms with E-state index in [0.717, 1.165) is 11.8 Å². The molecule has 28 valence electrons. The van der Waals surface area contributed by atoms with Crippen molar-refractivity contribution in [1.29, 1.82) is 0 Å². The number of hydrogen-bond donors (Lipinski definition) is 1. The van der Waals surface area contributed by atoms with E-state index in [4.69, 9.17) is 5.73 Å². The van der Waals surface area contributed by atoms with E-state index < -0.39 is 0 Å². The highest BCUT2D eigenvalue weighted by Crippen LogP contribution is 2.60. The lowest BCUT2D eigenvalue weighted by molar-refractivity contribution is 0.759. The zero-order valence-corrected chi connectivity index (χ0v) is 3.02. The van der Waals surface area contributed by atoms with Gasteiger partial charge in [0, 0.05) is 6.04 Å². The zero-order chi connectivity index (χ0) is 3.44. The van der Waals surface area contributed by atoms with E-state index in [1.807, 2.05) is 0 Å². The summed E-state index contributed by atoms with van der Waals surface area (Å²) in [5.41, 5.74) is 5.42. The number of nitrogens with two attached hydrogens (primary N) is 1. The van der Waals surface area contributed by atoms with Gasteiger partial charge in [0.05, 0.1) is 0 Å². The van der Waals surface area contributed by atoms with Crippen LogP contribution in [0.15, 0.2) is 0 Å². The SMILES string of the molecule is NC1C2CC12. The first-order valence-corrected chi connectivity index (χ1v) is 2.15. The molecular weight excluding hydrogens is 62.1 g/mol. The highest BCUT2D eigenvalue weighted by molar-refractivity contribution is 5.15. The molecule has 2 aliphatic rings. The van der Waals surface area contributed by atoms with Crippen LogP contribution in [0.25, 0.3) is 0 Å². The standard InChI is InChI=1S/C4H7N/c5-4-2-1-3(2)4/h2-4H,1,5H2. The van der Waals surface area contributed by atoms with Gasteiger partial charge in [0.2, 0.25) is 0 Å². The van der Waals surface area contributed by atoms with Crippen molar-refractivity contribution in [3.63, 3.8) is 0 Å². The minimum absolute atomic E-state index is 0.648. The first-order valence-electron chi connectivity index (χ1n) is 2.15. The van der Waals surface area contributed by atoms with Crippen LogP contribution in [0.1, 0.15) is 6.42 Å². The highest BCUT2D eigenvalue weighted by atomic mass is 14.9. The fourth-order valence-electron chi connectivity index (χ4n) is 0.829. The lowest BCUT2D eigenvalue weighted by Crippen LogP contribution is -2.07. The van der Waals surface area contributed by atoms with Crippen molar-refractivity contribution in [2.75, 3.05) is 0 Å². The van der Waals surface area contributed by atoms with Gasteiger partial charge in [-0.15, -0.1) is 0 Å². The zero-order valence-electron chi connectivity index (χ0n) is 3.02. The van der Waals surface area contributed by atoms with Crippen LogP contribution in [0.5, 0.6) is 0 Å². The number of hydrogen-bond acceptors (Lipinski definition) is 1. The molecule has 2 rings (SSSR count). The lowest BCUT2D eigenvalue weighted by Gasteiger charge is -1.83. The molecule has 0 bridgehead atoms. The maximum Gasteiger partial charge on any atom is 0.0102 e. The van der Waals surface area contributed by atoms with Gasteiger partial charge in [0.1, 0.15) is 0 Å². The minimum Gasteiger partial charge on any atom is -0.327 e. The summed E-state index contributed by atoms with van der Waals surface area (Å²) in [5.74, 6) is 1.99. The Kier molecular flexibility index (Phi) is 0.153. The van der Waals surface area contributed by atoms with E-state index in [1.165, 1.54) is 6.42 Å². The Morgan fingerprint density at radius 1 is 1.40 bits per heavy atom. The van der Waals surface area contributed by atoms with Crippen molar-refractivity contribution < 1.29 is 0 Å². The molecular formula is C4H7N. The summed E-state index contributed by atoms with van der Waals surface area (Å²) in [6, 6.07) is 0.648. The normalized spacial score (nSPS) is 70.2.